The number of hydrogen-bond donors (Lipinski definition) is 1. The standard InChI is InChI=1S/C11H20N2O3/c1-4-6-7-8-12(3)11(16)13(5-2)9-10(14)15/h4H,1,5-9H2,2-3H3,(H,14,15). The number of likely N-dealkylation sites (N-methyl/N-ethyl adjacent to an activating group) is 1. The van der Waals surface area contributed by atoms with Gasteiger partial charge in [0.2, 0.25) is 0 Å². The number of nitrogens with zero attached hydrogens (tertiary/aromatic N) is 2. The van der Waals surface area contributed by atoms with Crippen molar-refractivity contribution in [2.24, 2.45) is 0 Å². The van der Waals surface area contributed by atoms with Gasteiger partial charge in [-0.15, -0.1) is 6.58 Å². The quantitative estimate of drug-likeness (QED) is 0.529. The van der Waals surface area contributed by atoms with Gasteiger partial charge in [-0.05, 0) is 19.8 Å². The molecule has 0 atom stereocenters. The Hall–Kier alpha value is -1.52. The lowest BCUT2D eigenvalue weighted by Gasteiger charge is -2.25. The fraction of sp³-hybridized carbons (Fsp3) is 0.636. The molecule has 0 aromatic heterocycles. The highest BCUT2D eigenvalue weighted by atomic mass is 16.4. The highest BCUT2D eigenvalue weighted by Gasteiger charge is 2.18. The van der Waals surface area contributed by atoms with Crippen molar-refractivity contribution < 1.29 is 14.7 Å². The first-order valence-corrected chi connectivity index (χ1v) is 5.35. The summed E-state index contributed by atoms with van der Waals surface area (Å²) in [6.45, 7) is 6.13. The van der Waals surface area contributed by atoms with E-state index >= 15 is 0 Å². The van der Waals surface area contributed by atoms with Gasteiger partial charge in [-0.2, -0.15) is 0 Å². The van der Waals surface area contributed by atoms with Crippen molar-refractivity contribution in [3.8, 4) is 0 Å². The first-order chi connectivity index (χ1) is 7.52. The van der Waals surface area contributed by atoms with Gasteiger partial charge in [-0.3, -0.25) is 4.79 Å². The van der Waals surface area contributed by atoms with Crippen LogP contribution < -0.4 is 0 Å². The van der Waals surface area contributed by atoms with E-state index in [1.807, 2.05) is 0 Å². The molecule has 0 spiro atoms. The van der Waals surface area contributed by atoms with Crippen molar-refractivity contribution in [1.82, 2.24) is 9.80 Å². The number of amides is 2. The number of allylic oxidation sites excluding steroid dienone is 1. The Morgan fingerprint density at radius 1 is 1.44 bits per heavy atom. The summed E-state index contributed by atoms with van der Waals surface area (Å²) in [4.78, 5) is 25.1. The lowest BCUT2D eigenvalue weighted by molar-refractivity contribution is -0.137. The smallest absolute Gasteiger partial charge is 0.323 e. The van der Waals surface area contributed by atoms with E-state index in [0.717, 1.165) is 12.8 Å². The first kappa shape index (κ1) is 14.5. The Bertz CT molecular complexity index is 254. The number of urea groups is 1. The highest BCUT2D eigenvalue weighted by Crippen LogP contribution is 2.00. The number of carbonyl (C=O) groups excluding carboxylic acids is 1. The van der Waals surface area contributed by atoms with Gasteiger partial charge in [0.25, 0.3) is 0 Å². The van der Waals surface area contributed by atoms with Gasteiger partial charge < -0.3 is 14.9 Å². The minimum atomic E-state index is -0.991. The molecule has 0 aliphatic rings. The van der Waals surface area contributed by atoms with Crippen LogP contribution in [0.2, 0.25) is 0 Å². The van der Waals surface area contributed by atoms with Gasteiger partial charge in [-0.1, -0.05) is 6.08 Å². The topological polar surface area (TPSA) is 60.9 Å². The Morgan fingerprint density at radius 3 is 2.50 bits per heavy atom. The number of carboxylic acids is 1. The third-order valence-corrected chi connectivity index (χ3v) is 2.21. The number of aliphatic carboxylic acids is 1. The highest BCUT2D eigenvalue weighted by molar-refractivity contribution is 5.79. The summed E-state index contributed by atoms with van der Waals surface area (Å²) in [6.07, 6.45) is 3.49. The summed E-state index contributed by atoms with van der Waals surface area (Å²) in [5.41, 5.74) is 0. The predicted octanol–water partition coefficient (Wildman–Crippen LogP) is 1.41. The second kappa shape index (κ2) is 7.73. The number of hydrogen-bond acceptors (Lipinski definition) is 2. The molecule has 0 fully saturated rings. The van der Waals surface area contributed by atoms with E-state index in [-0.39, 0.29) is 12.6 Å². The van der Waals surface area contributed by atoms with E-state index in [1.165, 1.54) is 9.80 Å². The second-order valence-electron chi connectivity index (χ2n) is 3.54. The lowest BCUT2D eigenvalue weighted by atomic mass is 10.3. The zero-order valence-corrected chi connectivity index (χ0v) is 9.98. The van der Waals surface area contributed by atoms with Crippen LogP contribution in [0.15, 0.2) is 12.7 Å². The minimum Gasteiger partial charge on any atom is -0.480 e. The molecule has 0 saturated carbocycles. The molecule has 0 aromatic rings. The summed E-state index contributed by atoms with van der Waals surface area (Å²) >= 11 is 0. The molecule has 0 heterocycles. The molecule has 92 valence electrons. The van der Waals surface area contributed by atoms with Crippen molar-refractivity contribution in [2.75, 3.05) is 26.7 Å². The first-order valence-electron chi connectivity index (χ1n) is 5.35. The molecule has 0 unspecified atom stereocenters. The van der Waals surface area contributed by atoms with E-state index in [4.69, 9.17) is 5.11 Å². The van der Waals surface area contributed by atoms with Crippen molar-refractivity contribution >= 4 is 12.0 Å². The molecule has 0 saturated heterocycles. The second-order valence-corrected chi connectivity index (χ2v) is 3.54. The van der Waals surface area contributed by atoms with Crippen molar-refractivity contribution in [2.45, 2.75) is 19.8 Å². The fourth-order valence-corrected chi connectivity index (χ4v) is 1.29. The predicted molar refractivity (Wildman–Crippen MR) is 62.3 cm³/mol. The van der Waals surface area contributed by atoms with Gasteiger partial charge in [0.15, 0.2) is 0 Å². The normalized spacial score (nSPS) is 9.62. The molecule has 0 bridgehead atoms. The summed E-state index contributed by atoms with van der Waals surface area (Å²) < 4.78 is 0. The van der Waals surface area contributed by atoms with E-state index < -0.39 is 5.97 Å². The molecule has 5 heteroatoms. The van der Waals surface area contributed by atoms with E-state index in [1.54, 1.807) is 20.0 Å². The Morgan fingerprint density at radius 2 is 2.06 bits per heavy atom. The molecule has 16 heavy (non-hydrogen) atoms. The number of unbranched alkanes of at least 4 members (excludes halogenated alkanes) is 1. The third-order valence-electron chi connectivity index (χ3n) is 2.21. The molecular weight excluding hydrogens is 208 g/mol. The van der Waals surface area contributed by atoms with E-state index in [2.05, 4.69) is 6.58 Å². The van der Waals surface area contributed by atoms with Crippen LogP contribution in [-0.2, 0) is 4.79 Å². The van der Waals surface area contributed by atoms with E-state index in [0.29, 0.717) is 13.1 Å². The maximum atomic E-state index is 11.8. The fourth-order valence-electron chi connectivity index (χ4n) is 1.29. The molecule has 0 rings (SSSR count). The average molecular weight is 228 g/mol. The molecule has 5 nitrogen and oxygen atoms in total. The summed E-state index contributed by atoms with van der Waals surface area (Å²) in [6, 6.07) is -0.242. The van der Waals surface area contributed by atoms with E-state index in [9.17, 15) is 9.59 Å². The maximum Gasteiger partial charge on any atom is 0.323 e. The molecule has 1 N–H and O–H groups in total. The summed E-state index contributed by atoms with van der Waals surface area (Å²) in [7, 11) is 1.68. The summed E-state index contributed by atoms with van der Waals surface area (Å²) in [5.74, 6) is -0.991. The van der Waals surface area contributed by atoms with Crippen LogP contribution in [-0.4, -0.2) is 53.6 Å². The van der Waals surface area contributed by atoms with Crippen LogP contribution in [0.3, 0.4) is 0 Å². The molecular formula is C11H20N2O3. The number of rotatable bonds is 7. The Labute approximate surface area is 96.3 Å². The zero-order chi connectivity index (χ0) is 12.6. The van der Waals surface area contributed by atoms with Gasteiger partial charge >= 0.3 is 12.0 Å². The SMILES string of the molecule is C=CCCCN(C)C(=O)N(CC)CC(=O)O. The minimum absolute atomic E-state index is 0.242. The van der Waals surface area contributed by atoms with Crippen LogP contribution in [0.4, 0.5) is 4.79 Å². The van der Waals surface area contributed by atoms with Gasteiger partial charge in [-0.25, -0.2) is 4.79 Å². The average Bonchev–Trinajstić information content (AvgIpc) is 2.24. The lowest BCUT2D eigenvalue weighted by Crippen LogP contribution is -2.43. The molecule has 0 aliphatic carbocycles. The van der Waals surface area contributed by atoms with Crippen LogP contribution in [0.1, 0.15) is 19.8 Å². The Balaban J connectivity index is 4.15. The van der Waals surface area contributed by atoms with Crippen LogP contribution in [0.5, 0.6) is 0 Å². The Kier molecular flexibility index (Phi) is 7.00. The van der Waals surface area contributed by atoms with Crippen LogP contribution in [0.25, 0.3) is 0 Å². The number of carboxylic acid groups (broad SMARTS) is 1. The van der Waals surface area contributed by atoms with Crippen LogP contribution >= 0.6 is 0 Å². The van der Waals surface area contributed by atoms with Crippen molar-refractivity contribution in [3.05, 3.63) is 12.7 Å². The molecule has 0 aromatic carbocycles. The van der Waals surface area contributed by atoms with Crippen molar-refractivity contribution in [3.63, 3.8) is 0 Å². The van der Waals surface area contributed by atoms with Gasteiger partial charge in [0.1, 0.15) is 6.54 Å². The molecule has 0 aliphatic heterocycles. The monoisotopic (exact) mass is 228 g/mol. The molecule has 2 amide bonds. The van der Waals surface area contributed by atoms with Gasteiger partial charge in [0, 0.05) is 20.1 Å². The number of carbonyl (C=O) groups is 2. The van der Waals surface area contributed by atoms with Crippen LogP contribution in [0, 0.1) is 0 Å². The van der Waals surface area contributed by atoms with Gasteiger partial charge in [0.05, 0.1) is 0 Å². The maximum absolute atomic E-state index is 11.8. The molecule has 0 radical (unpaired) electrons. The zero-order valence-electron chi connectivity index (χ0n) is 9.98. The van der Waals surface area contributed by atoms with Crippen molar-refractivity contribution in [1.29, 1.82) is 0 Å². The third kappa shape index (κ3) is 5.38. The largest absolute Gasteiger partial charge is 0.480 e. The summed E-state index contributed by atoms with van der Waals surface area (Å²) in [5, 5.41) is 8.63.